The number of amides is 3. The van der Waals surface area contributed by atoms with E-state index in [0.717, 1.165) is 12.8 Å². The Kier molecular flexibility index (Phi) is 11.1. The van der Waals surface area contributed by atoms with Gasteiger partial charge in [-0.2, -0.15) is 0 Å². The molecule has 0 radical (unpaired) electrons. The Bertz CT molecular complexity index is 1770. The van der Waals surface area contributed by atoms with Crippen molar-refractivity contribution >= 4 is 56.5 Å². The van der Waals surface area contributed by atoms with E-state index in [4.69, 9.17) is 18.9 Å². The van der Waals surface area contributed by atoms with Crippen LogP contribution in [0.5, 0.6) is 11.5 Å². The number of aromatic nitrogens is 1. The van der Waals surface area contributed by atoms with Crippen molar-refractivity contribution in [1.82, 2.24) is 20.5 Å². The summed E-state index contributed by atoms with van der Waals surface area (Å²) in [4.78, 5) is 73.1. The van der Waals surface area contributed by atoms with Gasteiger partial charge in [0, 0.05) is 29.4 Å². The number of halogens is 1. The van der Waals surface area contributed by atoms with E-state index < -0.39 is 53.2 Å². The Labute approximate surface area is 305 Å². The van der Waals surface area contributed by atoms with Crippen molar-refractivity contribution in [1.29, 1.82) is 0 Å². The lowest BCUT2D eigenvalue weighted by molar-refractivity contribution is -0.148. The second-order valence-corrected chi connectivity index (χ2v) is 14.4. The van der Waals surface area contributed by atoms with Gasteiger partial charge in [-0.1, -0.05) is 28.6 Å². The monoisotopic (exact) mass is 768 g/mol. The zero-order valence-corrected chi connectivity index (χ0v) is 31.2. The van der Waals surface area contributed by atoms with Crippen LogP contribution < -0.4 is 20.1 Å². The number of rotatable bonds is 13. The molecule has 13 nitrogen and oxygen atoms in total. The topological polar surface area (TPSA) is 162 Å². The SMILES string of the molecule is C=C[C@@H]1C[C@]1(NC(=O)[C@@H]1C[C@@H](Oc2cc(C(=O)CBr)nc3c(C)c(OC)ccc23)CN1C(=O)[C@@H](NC(=O)OC1(C)CCCC1)C(=C)C)C(=O)OC. The third kappa shape index (κ3) is 7.61. The highest BCUT2D eigenvalue weighted by molar-refractivity contribution is 9.09. The zero-order chi connectivity index (χ0) is 37.2. The summed E-state index contributed by atoms with van der Waals surface area (Å²) < 4.78 is 22.8. The number of alkyl carbamates (subject to hydrolysis) is 1. The lowest BCUT2D eigenvalue weighted by Crippen LogP contribution is -2.57. The van der Waals surface area contributed by atoms with Crippen molar-refractivity contribution < 1.29 is 42.9 Å². The number of pyridine rings is 1. The number of fused-ring (bicyclic) bond motifs is 1. The third-order valence-corrected chi connectivity index (χ3v) is 10.6. The number of carbonyl (C=O) groups is 5. The molecule has 3 fully saturated rings. The molecular weight excluding hydrogens is 724 g/mol. The number of esters is 1. The molecule has 2 N–H and O–H groups in total. The summed E-state index contributed by atoms with van der Waals surface area (Å²) in [6.07, 6.45) is 3.69. The van der Waals surface area contributed by atoms with Gasteiger partial charge in [0.05, 0.1) is 31.6 Å². The number of alkyl halides is 1. The molecule has 1 aliphatic heterocycles. The van der Waals surface area contributed by atoms with Crippen molar-refractivity contribution in [2.45, 2.75) is 88.6 Å². The molecule has 2 heterocycles. The van der Waals surface area contributed by atoms with Crippen LogP contribution in [0.2, 0.25) is 0 Å². The van der Waals surface area contributed by atoms with Gasteiger partial charge in [-0.25, -0.2) is 14.6 Å². The highest BCUT2D eigenvalue weighted by atomic mass is 79.9. The third-order valence-electron chi connectivity index (χ3n) is 10.1. The molecule has 0 spiro atoms. The van der Waals surface area contributed by atoms with E-state index in [0.29, 0.717) is 52.8 Å². The number of aryl methyl sites for hydroxylation is 1. The minimum absolute atomic E-state index is 0.0275. The minimum Gasteiger partial charge on any atom is -0.496 e. The van der Waals surface area contributed by atoms with E-state index in [-0.39, 0.29) is 35.7 Å². The number of ether oxygens (including phenoxy) is 4. The summed E-state index contributed by atoms with van der Waals surface area (Å²) in [6, 6.07) is 2.76. The normalized spacial score (nSPS) is 23.9. The predicted octanol–water partition coefficient (Wildman–Crippen LogP) is 4.72. The molecular formula is C37H45BrN4O9. The van der Waals surface area contributed by atoms with E-state index in [2.05, 4.69) is 44.7 Å². The van der Waals surface area contributed by atoms with Crippen LogP contribution in [0.1, 0.15) is 68.4 Å². The van der Waals surface area contributed by atoms with Crippen LogP contribution in [0.25, 0.3) is 10.9 Å². The van der Waals surface area contributed by atoms with Crippen LogP contribution in [0.3, 0.4) is 0 Å². The Morgan fingerprint density at radius 1 is 1.16 bits per heavy atom. The molecule has 274 valence electrons. The second kappa shape index (κ2) is 15.0. The molecule has 2 saturated carbocycles. The first-order chi connectivity index (χ1) is 24.2. The number of nitrogens with one attached hydrogen (secondary N) is 2. The molecule has 0 unspecified atom stereocenters. The Balaban J connectivity index is 1.48. The average molecular weight is 770 g/mol. The number of hydrogen-bond acceptors (Lipinski definition) is 10. The Hall–Kier alpha value is -4.46. The predicted molar refractivity (Wildman–Crippen MR) is 192 cm³/mol. The number of likely N-dealkylation sites (tertiary alicyclic amines) is 1. The fourth-order valence-electron chi connectivity index (χ4n) is 7.11. The van der Waals surface area contributed by atoms with E-state index >= 15 is 0 Å². The van der Waals surface area contributed by atoms with Crippen molar-refractivity contribution in [3.8, 4) is 11.5 Å². The zero-order valence-electron chi connectivity index (χ0n) is 29.6. The van der Waals surface area contributed by atoms with Gasteiger partial charge in [-0.15, -0.1) is 6.58 Å². The maximum absolute atomic E-state index is 14.3. The fraction of sp³-hybridized carbons (Fsp3) is 0.514. The minimum atomic E-state index is -1.31. The van der Waals surface area contributed by atoms with Crippen LogP contribution in [0.4, 0.5) is 4.79 Å². The summed E-state index contributed by atoms with van der Waals surface area (Å²) in [5.41, 5.74) is -0.248. The van der Waals surface area contributed by atoms with Crippen molar-refractivity contribution in [3.05, 3.63) is 54.3 Å². The molecule has 3 aliphatic rings. The quantitative estimate of drug-likeness (QED) is 0.126. The smallest absolute Gasteiger partial charge is 0.408 e. The summed E-state index contributed by atoms with van der Waals surface area (Å²) in [6.45, 7) is 13.0. The van der Waals surface area contributed by atoms with Gasteiger partial charge < -0.3 is 34.5 Å². The second-order valence-electron chi connectivity index (χ2n) is 13.8. The van der Waals surface area contributed by atoms with Gasteiger partial charge in [0.2, 0.25) is 11.8 Å². The first-order valence-electron chi connectivity index (χ1n) is 16.9. The van der Waals surface area contributed by atoms with Crippen LogP contribution in [-0.2, 0) is 23.9 Å². The van der Waals surface area contributed by atoms with E-state index in [1.54, 1.807) is 38.3 Å². The van der Waals surface area contributed by atoms with E-state index in [1.807, 2.05) is 13.8 Å². The molecule has 5 rings (SSSR count). The average Bonchev–Trinajstić information content (AvgIpc) is 3.39. The molecule has 5 atom stereocenters. The Morgan fingerprint density at radius 2 is 1.86 bits per heavy atom. The van der Waals surface area contributed by atoms with Crippen LogP contribution >= 0.6 is 15.9 Å². The molecule has 2 aliphatic carbocycles. The molecule has 2 aromatic rings. The highest BCUT2D eigenvalue weighted by Crippen LogP contribution is 2.46. The summed E-state index contributed by atoms with van der Waals surface area (Å²) >= 11 is 3.22. The maximum Gasteiger partial charge on any atom is 0.408 e. The lowest BCUT2D eigenvalue weighted by atomic mass is 10.1. The van der Waals surface area contributed by atoms with Gasteiger partial charge in [-0.05, 0) is 70.6 Å². The van der Waals surface area contributed by atoms with Gasteiger partial charge in [0.25, 0.3) is 0 Å². The molecule has 1 saturated heterocycles. The Morgan fingerprint density at radius 3 is 2.45 bits per heavy atom. The van der Waals surface area contributed by atoms with Crippen LogP contribution in [0.15, 0.2) is 43.0 Å². The highest BCUT2D eigenvalue weighted by Gasteiger charge is 2.62. The van der Waals surface area contributed by atoms with Crippen molar-refractivity contribution in [2.75, 3.05) is 26.1 Å². The summed E-state index contributed by atoms with van der Waals surface area (Å²) in [7, 11) is 2.78. The number of hydrogen-bond donors (Lipinski definition) is 2. The maximum atomic E-state index is 14.3. The summed E-state index contributed by atoms with van der Waals surface area (Å²) in [5.74, 6) is -1.52. The largest absolute Gasteiger partial charge is 0.496 e. The summed E-state index contributed by atoms with van der Waals surface area (Å²) in [5, 5.41) is 6.14. The lowest BCUT2D eigenvalue weighted by Gasteiger charge is -2.31. The number of Topliss-reactive ketones (excluding diaryl/α,β-unsaturated/α-hetero) is 1. The van der Waals surface area contributed by atoms with Gasteiger partial charge in [0.1, 0.15) is 46.5 Å². The number of carbonyl (C=O) groups excluding carboxylic acids is 5. The van der Waals surface area contributed by atoms with Crippen LogP contribution in [-0.4, -0.2) is 95.0 Å². The molecule has 14 heteroatoms. The van der Waals surface area contributed by atoms with Crippen LogP contribution in [0, 0.1) is 12.8 Å². The first kappa shape index (κ1) is 37.8. The molecule has 0 bridgehead atoms. The molecule has 3 amide bonds. The number of ketones is 1. The van der Waals surface area contributed by atoms with Gasteiger partial charge >= 0.3 is 12.1 Å². The molecule has 1 aromatic heterocycles. The number of nitrogens with zero attached hydrogens (tertiary/aromatic N) is 2. The van der Waals surface area contributed by atoms with Crippen molar-refractivity contribution in [3.63, 3.8) is 0 Å². The first-order valence-corrected chi connectivity index (χ1v) is 18.1. The van der Waals surface area contributed by atoms with E-state index in [1.165, 1.54) is 12.0 Å². The van der Waals surface area contributed by atoms with Gasteiger partial charge in [-0.3, -0.25) is 14.4 Å². The van der Waals surface area contributed by atoms with E-state index in [9.17, 15) is 24.0 Å². The number of benzene rings is 1. The molecule has 1 aromatic carbocycles. The molecule has 51 heavy (non-hydrogen) atoms. The fourth-order valence-corrected chi connectivity index (χ4v) is 7.40. The van der Waals surface area contributed by atoms with Gasteiger partial charge in [0.15, 0.2) is 5.78 Å². The standard InChI is InChI=1S/C37H45BrN4O9/c1-8-22-17-37(22,34(46)49-7)41-32(44)26-15-23(19-42(26)33(45)30(20(2)3)40-35(47)51-36(5)13-9-10-14-36)50-29-16-25(27(43)18-38)39-31-21(4)28(48-6)12-11-24(29)31/h8,11-12,16,22-23,26,30H,1-2,9-10,13-15,17-19H2,3-7H3,(H,40,47)(H,41,44)/t22-,23-,26+,30+,37-/m1/s1. The number of methoxy groups -OCH3 is 2. The van der Waals surface area contributed by atoms with Crippen molar-refractivity contribution in [2.24, 2.45) is 5.92 Å².